The number of aryl methyl sites for hydroxylation is 1. The molecule has 1 aromatic carbocycles. The first-order valence-corrected chi connectivity index (χ1v) is 10.7. The molecule has 4 rings (SSSR count). The van der Waals surface area contributed by atoms with E-state index in [0.29, 0.717) is 12.5 Å². The minimum Gasteiger partial charge on any atom is -0.487 e. The second-order valence-electron chi connectivity index (χ2n) is 8.30. The summed E-state index contributed by atoms with van der Waals surface area (Å²) in [5.74, 6) is 1.35. The Morgan fingerprint density at radius 3 is 2.74 bits per heavy atom. The van der Waals surface area contributed by atoms with Gasteiger partial charge in [-0.2, -0.15) is 18.3 Å². The topological polar surface area (TPSA) is 63.5 Å². The number of hydrogen-bond acceptors (Lipinski definition) is 3. The number of alkyl halides is 3. The fourth-order valence-electron chi connectivity index (χ4n) is 4.61. The highest BCUT2D eigenvalue weighted by Crippen LogP contribution is 2.47. The van der Waals surface area contributed by atoms with E-state index in [9.17, 15) is 13.2 Å². The molecule has 1 atom stereocenters. The lowest BCUT2D eigenvalue weighted by molar-refractivity contribution is -0.142. The van der Waals surface area contributed by atoms with Crippen molar-refractivity contribution in [2.24, 2.45) is 12.0 Å². The normalized spacial score (nSPS) is 20.4. The van der Waals surface area contributed by atoms with Crippen molar-refractivity contribution in [3.05, 3.63) is 47.3 Å². The van der Waals surface area contributed by atoms with E-state index >= 15 is 0 Å². The van der Waals surface area contributed by atoms with Crippen LogP contribution in [0.4, 0.5) is 13.2 Å². The van der Waals surface area contributed by atoms with Crippen LogP contribution in [0.1, 0.15) is 61.9 Å². The second kappa shape index (κ2) is 8.43. The van der Waals surface area contributed by atoms with Crippen LogP contribution in [0.3, 0.4) is 0 Å². The van der Waals surface area contributed by atoms with Gasteiger partial charge in [0.15, 0.2) is 11.7 Å². The first kappa shape index (κ1) is 21.5. The summed E-state index contributed by atoms with van der Waals surface area (Å²) in [5, 5.41) is 10.2. The summed E-state index contributed by atoms with van der Waals surface area (Å²) >= 11 is 0. The van der Waals surface area contributed by atoms with Gasteiger partial charge in [0.1, 0.15) is 11.4 Å². The van der Waals surface area contributed by atoms with Crippen molar-refractivity contribution in [1.82, 2.24) is 20.4 Å². The van der Waals surface area contributed by atoms with Crippen LogP contribution < -0.4 is 15.4 Å². The van der Waals surface area contributed by atoms with Crippen molar-refractivity contribution in [3.63, 3.8) is 0 Å². The molecular formula is C22H28F3N5O. The number of benzene rings is 1. The molecule has 0 amide bonds. The van der Waals surface area contributed by atoms with Gasteiger partial charge in [0.25, 0.3) is 0 Å². The Kier molecular flexibility index (Phi) is 5.85. The standard InChI is InChI=1S/C22H28F3N5O/c1-3-26-20(27-13-15-14-30(2)29-19(15)22(23,24)25)28-17-12-21(10-6-7-11-21)31-18-9-5-4-8-16(17)18/h4-5,8-9,14,17H,3,6-7,10-13H2,1-2H3,(H2,26,27,28). The SMILES string of the molecule is CCNC(=NCc1cn(C)nc1C(F)(F)F)NC1CC2(CCCC2)Oc2ccccc21. The summed E-state index contributed by atoms with van der Waals surface area (Å²) in [6, 6.07) is 7.92. The van der Waals surface area contributed by atoms with E-state index in [1.54, 1.807) is 0 Å². The lowest BCUT2D eigenvalue weighted by Crippen LogP contribution is -2.46. The fraction of sp³-hybridized carbons (Fsp3) is 0.545. The van der Waals surface area contributed by atoms with Crippen LogP contribution in [0.15, 0.2) is 35.5 Å². The molecule has 1 aliphatic heterocycles. The van der Waals surface area contributed by atoms with E-state index in [-0.39, 0.29) is 23.8 Å². The maximum atomic E-state index is 13.3. The Labute approximate surface area is 179 Å². The van der Waals surface area contributed by atoms with Crippen LogP contribution in [-0.2, 0) is 19.8 Å². The number of nitrogens with one attached hydrogen (secondary N) is 2. The monoisotopic (exact) mass is 435 g/mol. The molecule has 1 aliphatic carbocycles. The minimum atomic E-state index is -4.51. The number of aliphatic imine (C=N–C) groups is 1. The largest absolute Gasteiger partial charge is 0.487 e. The molecule has 31 heavy (non-hydrogen) atoms. The molecule has 168 valence electrons. The van der Waals surface area contributed by atoms with E-state index in [1.165, 1.54) is 17.9 Å². The molecule has 1 spiro atoms. The van der Waals surface area contributed by atoms with Gasteiger partial charge in [-0.3, -0.25) is 4.68 Å². The Morgan fingerprint density at radius 2 is 2.03 bits per heavy atom. The second-order valence-corrected chi connectivity index (χ2v) is 8.30. The van der Waals surface area contributed by atoms with Crippen molar-refractivity contribution >= 4 is 5.96 Å². The van der Waals surface area contributed by atoms with Crippen LogP contribution in [0.5, 0.6) is 5.75 Å². The zero-order valence-corrected chi connectivity index (χ0v) is 17.8. The number of aromatic nitrogens is 2. The number of guanidine groups is 1. The maximum Gasteiger partial charge on any atom is 0.435 e. The van der Waals surface area contributed by atoms with Gasteiger partial charge in [0.05, 0.1) is 12.6 Å². The number of fused-ring (bicyclic) bond motifs is 1. The predicted molar refractivity (Wildman–Crippen MR) is 112 cm³/mol. The van der Waals surface area contributed by atoms with Gasteiger partial charge in [0.2, 0.25) is 0 Å². The van der Waals surface area contributed by atoms with Gasteiger partial charge >= 0.3 is 6.18 Å². The average Bonchev–Trinajstić information content (AvgIpc) is 3.32. The lowest BCUT2D eigenvalue weighted by Gasteiger charge is -2.40. The third kappa shape index (κ3) is 4.65. The first-order chi connectivity index (χ1) is 14.8. The third-order valence-corrected chi connectivity index (χ3v) is 5.95. The summed E-state index contributed by atoms with van der Waals surface area (Å²) < 4.78 is 47.4. The van der Waals surface area contributed by atoms with Crippen molar-refractivity contribution in [3.8, 4) is 5.75 Å². The Bertz CT molecular complexity index is 947. The average molecular weight is 435 g/mol. The zero-order valence-electron chi connectivity index (χ0n) is 17.8. The summed E-state index contributed by atoms with van der Waals surface area (Å²) in [4.78, 5) is 4.45. The molecule has 9 heteroatoms. The molecule has 2 N–H and O–H groups in total. The van der Waals surface area contributed by atoms with Gasteiger partial charge in [-0.15, -0.1) is 0 Å². The quantitative estimate of drug-likeness (QED) is 0.554. The Morgan fingerprint density at radius 1 is 1.29 bits per heavy atom. The highest BCUT2D eigenvalue weighted by Gasteiger charge is 2.43. The van der Waals surface area contributed by atoms with Gasteiger partial charge < -0.3 is 15.4 Å². The highest BCUT2D eigenvalue weighted by molar-refractivity contribution is 5.80. The molecule has 0 saturated heterocycles. The predicted octanol–water partition coefficient (Wildman–Crippen LogP) is 4.33. The Balaban J connectivity index is 1.58. The van der Waals surface area contributed by atoms with Crippen LogP contribution in [-0.4, -0.2) is 27.9 Å². The molecule has 1 unspecified atom stereocenters. The summed E-state index contributed by atoms with van der Waals surface area (Å²) in [7, 11) is 1.48. The number of rotatable bonds is 4. The molecule has 1 saturated carbocycles. The van der Waals surface area contributed by atoms with Crippen LogP contribution >= 0.6 is 0 Å². The van der Waals surface area contributed by atoms with Gasteiger partial charge in [-0.25, -0.2) is 4.99 Å². The van der Waals surface area contributed by atoms with Gasteiger partial charge in [-0.05, 0) is 38.7 Å². The molecule has 6 nitrogen and oxygen atoms in total. The molecule has 2 aliphatic rings. The van der Waals surface area contributed by atoms with E-state index in [2.05, 4.69) is 20.7 Å². The minimum absolute atomic E-state index is 0.0307. The number of hydrogen-bond donors (Lipinski definition) is 2. The van der Waals surface area contributed by atoms with E-state index in [0.717, 1.165) is 43.4 Å². The number of halogens is 3. The Hall–Kier alpha value is -2.71. The summed E-state index contributed by atoms with van der Waals surface area (Å²) in [6.45, 7) is 2.41. The molecular weight excluding hydrogens is 407 g/mol. The molecule has 0 radical (unpaired) electrons. The third-order valence-electron chi connectivity index (χ3n) is 5.95. The molecule has 0 bridgehead atoms. The van der Waals surface area contributed by atoms with Crippen molar-refractivity contribution in [2.45, 2.75) is 63.4 Å². The number of para-hydroxylation sites is 1. The van der Waals surface area contributed by atoms with Crippen LogP contribution in [0.25, 0.3) is 0 Å². The fourth-order valence-corrected chi connectivity index (χ4v) is 4.61. The molecule has 1 fully saturated rings. The van der Waals surface area contributed by atoms with Crippen LogP contribution in [0, 0.1) is 0 Å². The van der Waals surface area contributed by atoms with E-state index in [1.807, 2.05) is 31.2 Å². The summed E-state index contributed by atoms with van der Waals surface area (Å²) in [6.07, 6.45) is 1.97. The highest BCUT2D eigenvalue weighted by atomic mass is 19.4. The van der Waals surface area contributed by atoms with Crippen LogP contribution in [0.2, 0.25) is 0 Å². The maximum absolute atomic E-state index is 13.3. The zero-order chi connectivity index (χ0) is 22.1. The summed E-state index contributed by atoms with van der Waals surface area (Å²) in [5.41, 5.74) is 0.0154. The molecule has 1 aromatic heterocycles. The molecule has 2 aromatic rings. The van der Waals surface area contributed by atoms with E-state index < -0.39 is 11.9 Å². The molecule has 2 heterocycles. The smallest absolute Gasteiger partial charge is 0.435 e. The van der Waals surface area contributed by atoms with Gasteiger partial charge in [0, 0.05) is 37.3 Å². The van der Waals surface area contributed by atoms with Crippen molar-refractivity contribution in [1.29, 1.82) is 0 Å². The number of ether oxygens (including phenoxy) is 1. The number of nitrogens with zero attached hydrogens (tertiary/aromatic N) is 3. The van der Waals surface area contributed by atoms with Crippen molar-refractivity contribution < 1.29 is 17.9 Å². The van der Waals surface area contributed by atoms with Gasteiger partial charge in [-0.1, -0.05) is 18.2 Å². The van der Waals surface area contributed by atoms with E-state index in [4.69, 9.17) is 4.74 Å². The lowest BCUT2D eigenvalue weighted by atomic mass is 9.86. The van der Waals surface area contributed by atoms with Crippen molar-refractivity contribution in [2.75, 3.05) is 6.54 Å². The first-order valence-electron chi connectivity index (χ1n) is 10.7.